The van der Waals surface area contributed by atoms with Gasteiger partial charge in [-0.2, -0.15) is 0 Å². The highest BCUT2D eigenvalue weighted by molar-refractivity contribution is 6.32. The van der Waals surface area contributed by atoms with Crippen LogP contribution < -0.4 is 5.32 Å². The summed E-state index contributed by atoms with van der Waals surface area (Å²) in [5.74, 6) is 0.604. The Labute approximate surface area is 130 Å². The number of pyridine rings is 1. The van der Waals surface area contributed by atoms with Crippen LogP contribution in [0.1, 0.15) is 37.6 Å². The molecule has 0 radical (unpaired) electrons. The maximum absolute atomic E-state index is 6.20. The number of rotatable bonds is 2. The van der Waals surface area contributed by atoms with E-state index in [4.69, 9.17) is 16.6 Å². The standard InChI is InChI=1S/C16H19ClN4/c1-16(2)7-12(18-3)10-9-20-15(21-13(10)8-16)14-11(17)5-4-6-19-14/h4-6,9,12,18H,7-8H2,1-3H3. The molecule has 0 spiro atoms. The van der Waals surface area contributed by atoms with Crippen LogP contribution in [0.4, 0.5) is 0 Å². The fourth-order valence-corrected chi connectivity index (χ4v) is 3.18. The Morgan fingerprint density at radius 3 is 2.86 bits per heavy atom. The van der Waals surface area contributed by atoms with Gasteiger partial charge in [-0.25, -0.2) is 9.97 Å². The first-order valence-corrected chi connectivity index (χ1v) is 7.52. The SMILES string of the molecule is CNC1CC(C)(C)Cc2nc(-c3ncccc3Cl)ncc21. The summed E-state index contributed by atoms with van der Waals surface area (Å²) in [6.45, 7) is 4.55. The van der Waals surface area contributed by atoms with Crippen molar-refractivity contribution in [2.45, 2.75) is 32.7 Å². The molecule has 0 aromatic carbocycles. The van der Waals surface area contributed by atoms with E-state index in [-0.39, 0.29) is 5.41 Å². The molecule has 2 aromatic heterocycles. The first kappa shape index (κ1) is 14.4. The zero-order chi connectivity index (χ0) is 15.0. The number of halogens is 1. The van der Waals surface area contributed by atoms with Crippen molar-refractivity contribution in [2.75, 3.05) is 7.05 Å². The van der Waals surface area contributed by atoms with Gasteiger partial charge in [-0.1, -0.05) is 25.4 Å². The van der Waals surface area contributed by atoms with Gasteiger partial charge in [-0.15, -0.1) is 0 Å². The van der Waals surface area contributed by atoms with Gasteiger partial charge < -0.3 is 5.32 Å². The van der Waals surface area contributed by atoms with E-state index in [0.717, 1.165) is 18.5 Å². The van der Waals surface area contributed by atoms with Gasteiger partial charge in [-0.3, -0.25) is 4.98 Å². The molecule has 110 valence electrons. The van der Waals surface area contributed by atoms with Crippen molar-refractivity contribution >= 4 is 11.6 Å². The van der Waals surface area contributed by atoms with Crippen LogP contribution in [0, 0.1) is 5.41 Å². The summed E-state index contributed by atoms with van der Waals surface area (Å²) >= 11 is 6.20. The lowest BCUT2D eigenvalue weighted by Gasteiger charge is -2.36. The lowest BCUT2D eigenvalue weighted by atomic mass is 9.74. The van der Waals surface area contributed by atoms with Crippen molar-refractivity contribution in [3.05, 3.63) is 40.8 Å². The molecule has 2 aromatic rings. The number of aromatic nitrogens is 3. The highest BCUT2D eigenvalue weighted by Gasteiger charge is 2.33. The van der Waals surface area contributed by atoms with E-state index in [0.29, 0.717) is 22.6 Å². The molecule has 0 fully saturated rings. The molecule has 3 rings (SSSR count). The summed E-state index contributed by atoms with van der Waals surface area (Å²) in [5.41, 5.74) is 3.15. The van der Waals surface area contributed by atoms with Gasteiger partial charge in [0.05, 0.1) is 5.02 Å². The Hall–Kier alpha value is -1.52. The summed E-state index contributed by atoms with van der Waals surface area (Å²) in [6.07, 6.45) is 5.66. The van der Waals surface area contributed by atoms with Crippen LogP contribution in [-0.4, -0.2) is 22.0 Å². The fraction of sp³-hybridized carbons (Fsp3) is 0.438. The summed E-state index contributed by atoms with van der Waals surface area (Å²) in [4.78, 5) is 13.5. The zero-order valence-electron chi connectivity index (χ0n) is 12.5. The minimum atomic E-state index is 0.222. The average Bonchev–Trinajstić information content (AvgIpc) is 2.45. The summed E-state index contributed by atoms with van der Waals surface area (Å²) < 4.78 is 0. The molecule has 1 atom stereocenters. The van der Waals surface area contributed by atoms with Crippen molar-refractivity contribution in [2.24, 2.45) is 5.41 Å². The third-order valence-electron chi connectivity index (χ3n) is 4.00. The van der Waals surface area contributed by atoms with Crippen LogP contribution in [0.15, 0.2) is 24.5 Å². The smallest absolute Gasteiger partial charge is 0.179 e. The molecule has 1 N–H and O–H groups in total. The predicted octanol–water partition coefficient (Wildman–Crippen LogP) is 3.42. The maximum Gasteiger partial charge on any atom is 0.179 e. The Balaban J connectivity index is 2.07. The van der Waals surface area contributed by atoms with E-state index in [2.05, 4.69) is 29.1 Å². The summed E-state index contributed by atoms with van der Waals surface area (Å²) in [5, 5.41) is 3.95. The molecule has 1 aliphatic carbocycles. The molecule has 4 nitrogen and oxygen atoms in total. The molecule has 1 unspecified atom stereocenters. The van der Waals surface area contributed by atoms with E-state index in [1.165, 1.54) is 5.56 Å². The normalized spacial score (nSPS) is 20.1. The van der Waals surface area contributed by atoms with E-state index in [1.807, 2.05) is 25.4 Å². The third-order valence-corrected chi connectivity index (χ3v) is 4.30. The van der Waals surface area contributed by atoms with Gasteiger partial charge in [0.15, 0.2) is 5.82 Å². The molecule has 0 bridgehead atoms. The van der Waals surface area contributed by atoms with Crippen LogP contribution >= 0.6 is 11.6 Å². The van der Waals surface area contributed by atoms with Gasteiger partial charge in [-0.05, 0) is 37.4 Å². The first-order valence-electron chi connectivity index (χ1n) is 7.14. The molecular weight excluding hydrogens is 284 g/mol. The highest BCUT2D eigenvalue weighted by Crippen LogP contribution is 2.40. The molecule has 5 heteroatoms. The summed E-state index contributed by atoms with van der Waals surface area (Å²) in [6, 6.07) is 3.93. The van der Waals surface area contributed by atoms with Crippen LogP contribution in [0.2, 0.25) is 5.02 Å². The maximum atomic E-state index is 6.20. The molecule has 2 heterocycles. The number of nitrogens with zero attached hydrogens (tertiary/aromatic N) is 3. The Bertz CT molecular complexity index is 669. The van der Waals surface area contributed by atoms with Gasteiger partial charge >= 0.3 is 0 Å². The Morgan fingerprint density at radius 2 is 2.14 bits per heavy atom. The second-order valence-electron chi connectivity index (χ2n) is 6.32. The second kappa shape index (κ2) is 5.35. The van der Waals surface area contributed by atoms with Crippen LogP contribution in [0.5, 0.6) is 0 Å². The van der Waals surface area contributed by atoms with Gasteiger partial charge in [0.1, 0.15) is 5.69 Å². The molecule has 0 amide bonds. The number of hydrogen-bond donors (Lipinski definition) is 1. The predicted molar refractivity (Wildman–Crippen MR) is 84.2 cm³/mol. The van der Waals surface area contributed by atoms with Crippen molar-refractivity contribution in [3.63, 3.8) is 0 Å². The van der Waals surface area contributed by atoms with Gasteiger partial charge in [0, 0.05) is 29.7 Å². The van der Waals surface area contributed by atoms with E-state index in [9.17, 15) is 0 Å². The zero-order valence-corrected chi connectivity index (χ0v) is 13.3. The quantitative estimate of drug-likeness (QED) is 0.923. The monoisotopic (exact) mass is 302 g/mol. The van der Waals surface area contributed by atoms with Crippen LogP contribution in [0.25, 0.3) is 11.5 Å². The van der Waals surface area contributed by atoms with Crippen molar-refractivity contribution in [1.82, 2.24) is 20.3 Å². The number of fused-ring (bicyclic) bond motifs is 1. The van der Waals surface area contributed by atoms with E-state index in [1.54, 1.807) is 6.20 Å². The number of hydrogen-bond acceptors (Lipinski definition) is 4. The van der Waals surface area contributed by atoms with Crippen LogP contribution in [-0.2, 0) is 6.42 Å². The molecule has 21 heavy (non-hydrogen) atoms. The molecule has 0 saturated heterocycles. The average molecular weight is 303 g/mol. The number of nitrogens with one attached hydrogen (secondary N) is 1. The third kappa shape index (κ3) is 2.78. The second-order valence-corrected chi connectivity index (χ2v) is 6.72. The van der Waals surface area contributed by atoms with Crippen molar-refractivity contribution < 1.29 is 0 Å². The molecule has 0 aliphatic heterocycles. The Morgan fingerprint density at radius 1 is 1.33 bits per heavy atom. The minimum Gasteiger partial charge on any atom is -0.313 e. The lowest BCUT2D eigenvalue weighted by molar-refractivity contribution is 0.260. The summed E-state index contributed by atoms with van der Waals surface area (Å²) in [7, 11) is 1.99. The fourth-order valence-electron chi connectivity index (χ4n) is 2.97. The Kier molecular flexibility index (Phi) is 3.68. The van der Waals surface area contributed by atoms with Crippen molar-refractivity contribution in [3.8, 4) is 11.5 Å². The molecular formula is C16H19ClN4. The highest BCUT2D eigenvalue weighted by atomic mass is 35.5. The molecule has 0 saturated carbocycles. The van der Waals surface area contributed by atoms with Gasteiger partial charge in [0.25, 0.3) is 0 Å². The van der Waals surface area contributed by atoms with Gasteiger partial charge in [0.2, 0.25) is 0 Å². The van der Waals surface area contributed by atoms with E-state index >= 15 is 0 Å². The van der Waals surface area contributed by atoms with Crippen molar-refractivity contribution in [1.29, 1.82) is 0 Å². The largest absolute Gasteiger partial charge is 0.313 e. The topological polar surface area (TPSA) is 50.7 Å². The first-order chi connectivity index (χ1) is 10.00. The minimum absolute atomic E-state index is 0.222. The van der Waals surface area contributed by atoms with E-state index < -0.39 is 0 Å². The van der Waals surface area contributed by atoms with Crippen LogP contribution in [0.3, 0.4) is 0 Å². The molecule has 1 aliphatic rings. The lowest BCUT2D eigenvalue weighted by Crippen LogP contribution is -2.32.